The zero-order valence-corrected chi connectivity index (χ0v) is 17.6. The molecule has 0 unspecified atom stereocenters. The quantitative estimate of drug-likeness (QED) is 0.552. The van der Waals surface area contributed by atoms with Gasteiger partial charge in [0.15, 0.2) is 0 Å². The van der Waals surface area contributed by atoms with Crippen LogP contribution in [-0.4, -0.2) is 20.6 Å². The molecule has 1 saturated carbocycles. The van der Waals surface area contributed by atoms with E-state index in [1.165, 1.54) is 49.9 Å². The lowest BCUT2D eigenvalue weighted by Crippen LogP contribution is -2.09. The topological polar surface area (TPSA) is 55.1 Å². The highest BCUT2D eigenvalue weighted by atomic mass is 79.9. The fourth-order valence-corrected chi connectivity index (χ4v) is 3.88. The normalized spacial score (nSPS) is 14.4. The van der Waals surface area contributed by atoms with E-state index in [9.17, 15) is 4.79 Å². The predicted molar refractivity (Wildman–Crippen MR) is 111 cm³/mol. The van der Waals surface area contributed by atoms with Crippen molar-refractivity contribution in [2.75, 3.05) is 0 Å². The predicted octanol–water partition coefficient (Wildman–Crippen LogP) is 6.52. The number of unbranched alkanes of at least 4 members (excludes halogenated alkanes) is 2. The molecule has 0 radical (unpaired) electrons. The Hall–Kier alpha value is -1.36. The van der Waals surface area contributed by atoms with Gasteiger partial charge >= 0.3 is 5.97 Å². The van der Waals surface area contributed by atoms with Crippen molar-refractivity contribution in [3.63, 3.8) is 0 Å². The summed E-state index contributed by atoms with van der Waals surface area (Å²) in [6.45, 7) is 4.22. The van der Waals surface area contributed by atoms with E-state index in [0.29, 0.717) is 12.5 Å². The Morgan fingerprint density at radius 3 is 2.50 bits per heavy atom. The van der Waals surface area contributed by atoms with Gasteiger partial charge < -0.3 is 9.67 Å². The molecule has 1 fully saturated rings. The zero-order valence-electron chi connectivity index (χ0n) is 16.0. The minimum Gasteiger partial charge on any atom is -0.481 e. The Kier molecular flexibility index (Phi) is 8.63. The van der Waals surface area contributed by atoms with Gasteiger partial charge in [-0.05, 0) is 43.9 Å². The van der Waals surface area contributed by atoms with E-state index < -0.39 is 5.97 Å². The Morgan fingerprint density at radius 1 is 1.23 bits per heavy atom. The summed E-state index contributed by atoms with van der Waals surface area (Å²) in [6, 6.07) is 7.19. The molecule has 0 saturated heterocycles. The fraction of sp³-hybridized carbons (Fsp3) is 0.619. The zero-order chi connectivity index (χ0) is 18.9. The van der Waals surface area contributed by atoms with Gasteiger partial charge in [-0.2, -0.15) is 0 Å². The number of carboxylic acids is 1. The number of benzene rings is 1. The van der Waals surface area contributed by atoms with Crippen LogP contribution in [0, 0.1) is 0 Å². The number of imidazole rings is 1. The van der Waals surface area contributed by atoms with Crippen LogP contribution >= 0.6 is 15.9 Å². The molecule has 1 aliphatic rings. The van der Waals surface area contributed by atoms with Gasteiger partial charge in [-0.25, -0.2) is 4.98 Å². The third-order valence-electron chi connectivity index (χ3n) is 4.91. The van der Waals surface area contributed by atoms with Gasteiger partial charge in [0.2, 0.25) is 0 Å². The summed E-state index contributed by atoms with van der Waals surface area (Å²) in [7, 11) is 0. The highest BCUT2D eigenvalue weighted by Gasteiger charge is 2.22. The molecule has 0 bridgehead atoms. The van der Waals surface area contributed by atoms with Gasteiger partial charge in [0.1, 0.15) is 5.82 Å². The molecule has 0 atom stereocenters. The van der Waals surface area contributed by atoms with E-state index in [2.05, 4.69) is 45.6 Å². The number of rotatable bonds is 7. The van der Waals surface area contributed by atoms with Crippen LogP contribution in [0.5, 0.6) is 0 Å². The second-order valence-electron chi connectivity index (χ2n) is 7.07. The minimum atomic E-state index is -0.693. The number of halogens is 1. The number of hydrogen-bond donors (Lipinski definition) is 1. The van der Waals surface area contributed by atoms with Gasteiger partial charge in [0.25, 0.3) is 0 Å². The monoisotopic (exact) mass is 422 g/mol. The molecule has 1 heterocycles. The van der Waals surface area contributed by atoms with Crippen LogP contribution in [-0.2, 0) is 11.2 Å². The molecule has 144 valence electrons. The highest BCUT2D eigenvalue weighted by Crippen LogP contribution is 2.34. The second kappa shape index (κ2) is 10.7. The molecule has 4 nitrogen and oxygen atoms in total. The Balaban J connectivity index is 0.000000298. The average molecular weight is 423 g/mol. The second-order valence-corrected chi connectivity index (χ2v) is 7.99. The van der Waals surface area contributed by atoms with Crippen molar-refractivity contribution in [2.45, 2.75) is 84.1 Å². The molecule has 26 heavy (non-hydrogen) atoms. The van der Waals surface area contributed by atoms with Crippen LogP contribution < -0.4 is 0 Å². The number of carbonyl (C=O) groups is 1. The summed E-state index contributed by atoms with van der Waals surface area (Å²) >= 11 is 3.55. The summed E-state index contributed by atoms with van der Waals surface area (Å²) in [6.07, 6.45) is 11.0. The molecule has 1 aromatic carbocycles. The van der Waals surface area contributed by atoms with Crippen LogP contribution in [0.25, 0.3) is 11.0 Å². The molecule has 1 N–H and O–H groups in total. The van der Waals surface area contributed by atoms with E-state index in [-0.39, 0.29) is 0 Å². The maximum atomic E-state index is 9.76. The lowest BCUT2D eigenvalue weighted by Gasteiger charge is -2.16. The van der Waals surface area contributed by atoms with Gasteiger partial charge in [-0.15, -0.1) is 0 Å². The lowest BCUT2D eigenvalue weighted by atomic mass is 10.2. The van der Waals surface area contributed by atoms with Gasteiger partial charge in [0, 0.05) is 23.4 Å². The number of carboxylic acid groups (broad SMARTS) is 1. The number of aliphatic carboxylic acids is 1. The van der Waals surface area contributed by atoms with E-state index in [0.717, 1.165) is 29.3 Å². The third kappa shape index (κ3) is 5.83. The fourth-order valence-electron chi connectivity index (χ4n) is 3.53. The van der Waals surface area contributed by atoms with Crippen molar-refractivity contribution >= 4 is 32.9 Å². The standard InChI is InChI=1S/C16H21BrN2.C5H10O2/c1-2-3-8-16-18-14-11-12(17)9-10-15(14)19(16)13-6-4-5-7-13;1-2-3-4-5(6)7/h9-11,13H,2-8H2,1H3;2-4H2,1H3,(H,6,7). The largest absolute Gasteiger partial charge is 0.481 e. The number of nitrogens with zero attached hydrogens (tertiary/aromatic N) is 2. The first-order valence-electron chi connectivity index (χ1n) is 9.95. The Bertz CT molecular complexity index is 705. The number of aryl methyl sites for hydroxylation is 1. The summed E-state index contributed by atoms with van der Waals surface area (Å²) in [5.41, 5.74) is 2.47. The van der Waals surface area contributed by atoms with Crippen molar-refractivity contribution in [3.05, 3.63) is 28.5 Å². The maximum absolute atomic E-state index is 9.76. The summed E-state index contributed by atoms with van der Waals surface area (Å²) in [5.74, 6) is 0.601. The number of hydrogen-bond acceptors (Lipinski definition) is 2. The molecule has 1 aromatic heterocycles. The van der Waals surface area contributed by atoms with Crippen LogP contribution in [0.1, 0.15) is 83.5 Å². The van der Waals surface area contributed by atoms with E-state index in [1.54, 1.807) is 0 Å². The van der Waals surface area contributed by atoms with Crippen molar-refractivity contribution in [1.29, 1.82) is 0 Å². The first kappa shape index (κ1) is 20.9. The SMILES string of the molecule is CCCCC(=O)O.CCCCc1nc2cc(Br)ccc2n1C1CCCC1. The molecular weight excluding hydrogens is 392 g/mol. The highest BCUT2D eigenvalue weighted by molar-refractivity contribution is 9.10. The lowest BCUT2D eigenvalue weighted by molar-refractivity contribution is -0.137. The third-order valence-corrected chi connectivity index (χ3v) is 5.41. The minimum absolute atomic E-state index is 0.316. The molecular formula is C21H31BrN2O2. The molecule has 0 spiro atoms. The van der Waals surface area contributed by atoms with E-state index in [4.69, 9.17) is 10.1 Å². The van der Waals surface area contributed by atoms with Crippen molar-refractivity contribution in [1.82, 2.24) is 9.55 Å². The molecule has 3 rings (SSSR count). The summed E-state index contributed by atoms with van der Waals surface area (Å²) < 4.78 is 3.66. The van der Waals surface area contributed by atoms with E-state index in [1.807, 2.05) is 6.92 Å². The van der Waals surface area contributed by atoms with E-state index >= 15 is 0 Å². The maximum Gasteiger partial charge on any atom is 0.303 e. The first-order valence-corrected chi connectivity index (χ1v) is 10.7. The van der Waals surface area contributed by atoms with Crippen LogP contribution in [0.4, 0.5) is 0 Å². The van der Waals surface area contributed by atoms with Crippen molar-refractivity contribution in [3.8, 4) is 0 Å². The van der Waals surface area contributed by atoms with Gasteiger partial charge in [-0.3, -0.25) is 4.79 Å². The Morgan fingerprint density at radius 2 is 1.92 bits per heavy atom. The van der Waals surface area contributed by atoms with Crippen molar-refractivity contribution in [2.24, 2.45) is 0 Å². The summed E-state index contributed by atoms with van der Waals surface area (Å²) in [5, 5.41) is 8.04. The van der Waals surface area contributed by atoms with Crippen LogP contribution in [0.2, 0.25) is 0 Å². The molecule has 1 aliphatic carbocycles. The molecule has 0 aliphatic heterocycles. The van der Waals surface area contributed by atoms with Crippen molar-refractivity contribution < 1.29 is 9.90 Å². The number of fused-ring (bicyclic) bond motifs is 1. The van der Waals surface area contributed by atoms with Gasteiger partial charge in [0.05, 0.1) is 11.0 Å². The first-order chi connectivity index (χ1) is 12.6. The van der Waals surface area contributed by atoms with Crippen LogP contribution in [0.15, 0.2) is 22.7 Å². The molecule has 5 heteroatoms. The smallest absolute Gasteiger partial charge is 0.303 e. The molecule has 0 amide bonds. The number of aromatic nitrogens is 2. The van der Waals surface area contributed by atoms with Crippen LogP contribution in [0.3, 0.4) is 0 Å². The average Bonchev–Trinajstić information content (AvgIpc) is 3.25. The molecule has 2 aromatic rings. The van der Waals surface area contributed by atoms with Gasteiger partial charge in [-0.1, -0.05) is 55.5 Å². The summed E-state index contributed by atoms with van der Waals surface area (Å²) in [4.78, 5) is 14.6. The Labute approximate surface area is 165 Å².